The maximum Gasteiger partial charge on any atom is 0.274 e. The van der Waals surface area contributed by atoms with Gasteiger partial charge in [-0.1, -0.05) is 6.07 Å². The molecule has 0 unspecified atom stereocenters. The van der Waals surface area contributed by atoms with Crippen LogP contribution in [0.15, 0.2) is 18.2 Å². The van der Waals surface area contributed by atoms with E-state index in [1.54, 1.807) is 30.8 Å². The van der Waals surface area contributed by atoms with E-state index in [-0.39, 0.29) is 11.9 Å². The Kier molecular flexibility index (Phi) is 4.96. The fraction of sp³-hybridized carbons (Fsp3) is 0.556. The summed E-state index contributed by atoms with van der Waals surface area (Å²) in [5.41, 5.74) is 2.02. The Bertz CT molecular complexity index is 669. The van der Waals surface area contributed by atoms with Crippen LogP contribution in [0.2, 0.25) is 0 Å². The Morgan fingerprint density at radius 3 is 2.72 bits per heavy atom. The monoisotopic (exact) mass is 348 g/mol. The van der Waals surface area contributed by atoms with Crippen molar-refractivity contribution in [1.82, 2.24) is 10.4 Å². The van der Waals surface area contributed by atoms with Crippen LogP contribution in [0, 0.1) is 0 Å². The molecule has 1 heterocycles. The number of fused-ring (bicyclic) bond motifs is 1. The second kappa shape index (κ2) is 7.01. The zero-order chi connectivity index (χ0) is 18.0. The molecule has 2 aliphatic rings. The lowest BCUT2D eigenvalue weighted by atomic mass is 9.98. The molecule has 1 aromatic rings. The largest absolute Gasteiger partial charge is 0.491 e. The van der Waals surface area contributed by atoms with E-state index >= 15 is 0 Å². The summed E-state index contributed by atoms with van der Waals surface area (Å²) >= 11 is 0. The average Bonchev–Trinajstić information content (AvgIpc) is 3.07. The van der Waals surface area contributed by atoms with Crippen LogP contribution in [0.4, 0.5) is 0 Å². The van der Waals surface area contributed by atoms with Gasteiger partial charge in [0, 0.05) is 24.8 Å². The first-order valence-corrected chi connectivity index (χ1v) is 8.57. The standard InChI is InChI=1S/C18H24N2O5/c1-12-11-25-15-9-13(16(21)19-23)5-6-14(15)10-20(12)17(22)18(24-2)7-3-4-8-18/h5-6,9,12,23H,3-4,7-8,10-11H2,1-2H3,(H,19,21)/t12-/m0/s1. The molecule has 2 N–H and O–H groups in total. The summed E-state index contributed by atoms with van der Waals surface area (Å²) < 4.78 is 11.5. The van der Waals surface area contributed by atoms with Crippen molar-refractivity contribution < 1.29 is 24.3 Å². The van der Waals surface area contributed by atoms with E-state index < -0.39 is 11.5 Å². The number of carbonyl (C=O) groups is 2. The van der Waals surface area contributed by atoms with Crippen LogP contribution in [-0.2, 0) is 16.1 Å². The number of methoxy groups -OCH3 is 1. The predicted octanol–water partition coefficient (Wildman–Crippen LogP) is 1.87. The van der Waals surface area contributed by atoms with Crippen molar-refractivity contribution in [3.8, 4) is 5.75 Å². The van der Waals surface area contributed by atoms with E-state index in [1.807, 2.05) is 11.8 Å². The van der Waals surface area contributed by atoms with Crippen LogP contribution in [-0.4, -0.2) is 47.3 Å². The van der Waals surface area contributed by atoms with Gasteiger partial charge >= 0.3 is 0 Å². The molecule has 0 saturated heterocycles. The van der Waals surface area contributed by atoms with E-state index in [2.05, 4.69) is 0 Å². The molecule has 1 aliphatic carbocycles. The molecule has 0 spiro atoms. The van der Waals surface area contributed by atoms with E-state index in [0.717, 1.165) is 31.2 Å². The second-order valence-electron chi connectivity index (χ2n) is 6.76. The van der Waals surface area contributed by atoms with Gasteiger partial charge in [-0.3, -0.25) is 14.8 Å². The lowest BCUT2D eigenvalue weighted by Crippen LogP contribution is -2.52. The van der Waals surface area contributed by atoms with Crippen molar-refractivity contribution in [2.75, 3.05) is 13.7 Å². The highest BCUT2D eigenvalue weighted by Crippen LogP contribution is 2.36. The maximum absolute atomic E-state index is 13.2. The van der Waals surface area contributed by atoms with Crippen molar-refractivity contribution in [3.05, 3.63) is 29.3 Å². The fourth-order valence-electron chi connectivity index (χ4n) is 3.65. The lowest BCUT2D eigenvalue weighted by molar-refractivity contribution is -0.157. The Morgan fingerprint density at radius 1 is 1.36 bits per heavy atom. The van der Waals surface area contributed by atoms with E-state index in [0.29, 0.717) is 24.5 Å². The molecule has 2 amide bonds. The van der Waals surface area contributed by atoms with Crippen molar-refractivity contribution in [1.29, 1.82) is 0 Å². The molecule has 1 fully saturated rings. The van der Waals surface area contributed by atoms with Crippen LogP contribution in [0.1, 0.15) is 48.5 Å². The third kappa shape index (κ3) is 3.21. The number of benzene rings is 1. The van der Waals surface area contributed by atoms with Gasteiger partial charge in [0.2, 0.25) is 0 Å². The summed E-state index contributed by atoms with van der Waals surface area (Å²) in [6.45, 7) is 2.69. The number of nitrogens with zero attached hydrogens (tertiary/aromatic N) is 1. The zero-order valence-corrected chi connectivity index (χ0v) is 14.6. The molecule has 1 saturated carbocycles. The first kappa shape index (κ1) is 17.7. The fourth-order valence-corrected chi connectivity index (χ4v) is 3.65. The number of amides is 2. The first-order chi connectivity index (χ1) is 12.0. The Morgan fingerprint density at radius 2 is 2.08 bits per heavy atom. The van der Waals surface area contributed by atoms with E-state index in [9.17, 15) is 9.59 Å². The van der Waals surface area contributed by atoms with Crippen LogP contribution < -0.4 is 10.2 Å². The number of ether oxygens (including phenoxy) is 2. The van der Waals surface area contributed by atoms with Crippen LogP contribution >= 0.6 is 0 Å². The molecule has 1 atom stereocenters. The van der Waals surface area contributed by atoms with Gasteiger partial charge in [-0.05, 0) is 44.7 Å². The molecular weight excluding hydrogens is 324 g/mol. The van der Waals surface area contributed by atoms with Crippen LogP contribution in [0.3, 0.4) is 0 Å². The third-order valence-corrected chi connectivity index (χ3v) is 5.24. The zero-order valence-electron chi connectivity index (χ0n) is 14.6. The van der Waals surface area contributed by atoms with Crippen LogP contribution in [0.5, 0.6) is 5.75 Å². The van der Waals surface area contributed by atoms with Crippen molar-refractivity contribution >= 4 is 11.8 Å². The van der Waals surface area contributed by atoms with Gasteiger partial charge in [0.05, 0.1) is 6.04 Å². The number of hydrogen-bond donors (Lipinski definition) is 2. The third-order valence-electron chi connectivity index (χ3n) is 5.24. The molecule has 7 nitrogen and oxygen atoms in total. The molecule has 0 radical (unpaired) electrons. The molecule has 25 heavy (non-hydrogen) atoms. The Labute approximate surface area is 146 Å². The summed E-state index contributed by atoms with van der Waals surface area (Å²) in [6, 6.07) is 4.84. The molecular formula is C18H24N2O5. The topological polar surface area (TPSA) is 88.1 Å². The van der Waals surface area contributed by atoms with Crippen molar-refractivity contribution in [3.63, 3.8) is 0 Å². The lowest BCUT2D eigenvalue weighted by Gasteiger charge is -2.35. The Hall–Kier alpha value is -2.12. The van der Waals surface area contributed by atoms with Gasteiger partial charge in [0.25, 0.3) is 11.8 Å². The summed E-state index contributed by atoms with van der Waals surface area (Å²) in [7, 11) is 1.61. The van der Waals surface area contributed by atoms with Gasteiger partial charge in [-0.15, -0.1) is 0 Å². The number of nitrogens with one attached hydrogen (secondary N) is 1. The van der Waals surface area contributed by atoms with Gasteiger partial charge in [0.1, 0.15) is 18.0 Å². The highest BCUT2D eigenvalue weighted by molar-refractivity contribution is 5.94. The van der Waals surface area contributed by atoms with Gasteiger partial charge in [0.15, 0.2) is 0 Å². The number of hydrogen-bond acceptors (Lipinski definition) is 5. The molecule has 0 aromatic heterocycles. The summed E-state index contributed by atoms with van der Waals surface area (Å²) in [4.78, 5) is 26.6. The maximum atomic E-state index is 13.2. The molecule has 1 aliphatic heterocycles. The average molecular weight is 348 g/mol. The number of rotatable bonds is 3. The minimum Gasteiger partial charge on any atom is -0.491 e. The minimum absolute atomic E-state index is 0.00799. The van der Waals surface area contributed by atoms with E-state index in [4.69, 9.17) is 14.7 Å². The second-order valence-corrected chi connectivity index (χ2v) is 6.76. The van der Waals surface area contributed by atoms with Crippen molar-refractivity contribution in [2.45, 2.75) is 50.8 Å². The van der Waals surface area contributed by atoms with Gasteiger partial charge in [-0.25, -0.2) is 5.48 Å². The number of hydroxylamine groups is 1. The van der Waals surface area contributed by atoms with E-state index in [1.165, 1.54) is 0 Å². The highest BCUT2D eigenvalue weighted by Gasteiger charge is 2.45. The molecule has 136 valence electrons. The van der Waals surface area contributed by atoms with Crippen molar-refractivity contribution in [2.24, 2.45) is 0 Å². The van der Waals surface area contributed by atoms with Crippen LogP contribution in [0.25, 0.3) is 0 Å². The predicted molar refractivity (Wildman–Crippen MR) is 89.4 cm³/mol. The summed E-state index contributed by atoms with van der Waals surface area (Å²) in [5.74, 6) is -0.0318. The Balaban J connectivity index is 1.88. The quantitative estimate of drug-likeness (QED) is 0.643. The molecule has 3 rings (SSSR count). The highest BCUT2D eigenvalue weighted by atomic mass is 16.5. The van der Waals surface area contributed by atoms with Gasteiger partial charge in [-0.2, -0.15) is 0 Å². The van der Waals surface area contributed by atoms with Gasteiger partial charge < -0.3 is 14.4 Å². The smallest absolute Gasteiger partial charge is 0.274 e. The summed E-state index contributed by atoms with van der Waals surface area (Å²) in [6.07, 6.45) is 3.48. The first-order valence-electron chi connectivity index (χ1n) is 8.57. The number of carbonyl (C=O) groups excluding carboxylic acids is 2. The minimum atomic E-state index is -0.727. The SMILES string of the molecule is COC1(C(=O)N2Cc3ccc(C(=O)NO)cc3OC[C@@H]2C)CCCC1. The normalized spacial score (nSPS) is 21.9. The molecule has 0 bridgehead atoms. The molecule has 7 heteroatoms. The molecule has 1 aromatic carbocycles. The summed E-state index contributed by atoms with van der Waals surface area (Å²) in [5, 5.41) is 8.77.